The molecule has 0 unspecified atom stereocenters. The highest BCUT2D eigenvalue weighted by Crippen LogP contribution is 2.25. The lowest BCUT2D eigenvalue weighted by Crippen LogP contribution is -2.44. The summed E-state index contributed by atoms with van der Waals surface area (Å²) in [5.74, 6) is 1.42. The number of piperazine rings is 1. The minimum atomic E-state index is 0.546. The van der Waals surface area contributed by atoms with Crippen LogP contribution in [-0.2, 0) is 11.3 Å². The maximum Gasteiger partial charge on any atom is 0.129 e. The van der Waals surface area contributed by atoms with Crippen LogP contribution >= 0.6 is 0 Å². The van der Waals surface area contributed by atoms with Gasteiger partial charge in [-0.15, -0.1) is 0 Å². The predicted octanol–water partition coefficient (Wildman–Crippen LogP) is 3.32. The van der Waals surface area contributed by atoms with Crippen LogP contribution in [0.15, 0.2) is 54.7 Å². The number of carbonyl (C=O) groups is 1. The van der Waals surface area contributed by atoms with Crippen LogP contribution in [0.25, 0.3) is 16.7 Å². The van der Waals surface area contributed by atoms with Crippen LogP contribution in [0.4, 0.5) is 0 Å². The first-order valence-electron chi connectivity index (χ1n) is 10.8. The second-order valence-electron chi connectivity index (χ2n) is 7.74. The Morgan fingerprint density at radius 2 is 1.76 bits per heavy atom. The van der Waals surface area contributed by atoms with Gasteiger partial charge < -0.3 is 25.6 Å². The molecule has 0 amide bonds. The van der Waals surface area contributed by atoms with Crippen LogP contribution in [0, 0.1) is 5.41 Å². The number of aromatic nitrogens is 2. The summed E-state index contributed by atoms with van der Waals surface area (Å²) in [5.41, 5.74) is 9.96. The van der Waals surface area contributed by atoms with Gasteiger partial charge in [-0.05, 0) is 62.0 Å². The molecule has 172 valence electrons. The lowest BCUT2D eigenvalue weighted by molar-refractivity contribution is -0.106. The molecule has 0 bridgehead atoms. The standard InChI is InChI=1S/C23H26N6O.C2H4O/c1-28-10-12-29(13-11-28)16-18-15-26-23-14-20(6-7-22(23)27-18)30-19-4-2-17(3-5-19)21(25)8-9-24;1-2-3/h2-9,14-15,24H,10-13,16,25H2,1H3;2H,1H3/b21-8-,24-9?;. The van der Waals surface area contributed by atoms with Crippen molar-refractivity contribution in [2.24, 2.45) is 5.73 Å². The highest BCUT2D eigenvalue weighted by Gasteiger charge is 2.15. The average molecular weight is 447 g/mol. The first-order chi connectivity index (χ1) is 16.0. The van der Waals surface area contributed by atoms with Gasteiger partial charge in [-0.1, -0.05) is 0 Å². The van der Waals surface area contributed by atoms with E-state index in [1.165, 1.54) is 13.1 Å². The second-order valence-corrected chi connectivity index (χ2v) is 7.74. The Bertz CT molecular complexity index is 1110. The molecule has 1 fully saturated rings. The van der Waals surface area contributed by atoms with E-state index in [9.17, 15) is 0 Å². The summed E-state index contributed by atoms with van der Waals surface area (Å²) in [7, 11) is 2.16. The number of aldehydes is 1. The largest absolute Gasteiger partial charge is 0.457 e. The van der Waals surface area contributed by atoms with E-state index >= 15 is 0 Å². The van der Waals surface area contributed by atoms with Gasteiger partial charge in [-0.3, -0.25) is 9.88 Å². The molecule has 8 heteroatoms. The summed E-state index contributed by atoms with van der Waals surface area (Å²) in [4.78, 5) is 22.9. The highest BCUT2D eigenvalue weighted by molar-refractivity contribution is 5.81. The Hall–Kier alpha value is -3.62. The predicted molar refractivity (Wildman–Crippen MR) is 132 cm³/mol. The van der Waals surface area contributed by atoms with Crippen molar-refractivity contribution in [2.75, 3.05) is 33.2 Å². The van der Waals surface area contributed by atoms with Gasteiger partial charge in [0.25, 0.3) is 0 Å². The lowest BCUT2D eigenvalue weighted by Gasteiger charge is -2.31. The molecule has 3 aromatic rings. The van der Waals surface area contributed by atoms with Gasteiger partial charge in [-0.2, -0.15) is 0 Å². The van der Waals surface area contributed by atoms with Gasteiger partial charge in [-0.25, -0.2) is 4.98 Å². The molecule has 1 aromatic heterocycles. The minimum absolute atomic E-state index is 0.546. The van der Waals surface area contributed by atoms with Crippen LogP contribution in [0.5, 0.6) is 11.5 Å². The first-order valence-corrected chi connectivity index (χ1v) is 10.8. The molecule has 33 heavy (non-hydrogen) atoms. The molecule has 2 aromatic carbocycles. The average Bonchev–Trinajstić information content (AvgIpc) is 2.82. The van der Waals surface area contributed by atoms with E-state index in [1.807, 2.05) is 48.7 Å². The fourth-order valence-electron chi connectivity index (χ4n) is 3.44. The third kappa shape index (κ3) is 6.93. The van der Waals surface area contributed by atoms with Crippen molar-refractivity contribution in [1.29, 1.82) is 5.41 Å². The molecule has 4 rings (SSSR count). The van der Waals surface area contributed by atoms with E-state index < -0.39 is 0 Å². The second kappa shape index (κ2) is 11.8. The maximum atomic E-state index is 8.81. The van der Waals surface area contributed by atoms with Crippen molar-refractivity contribution in [3.05, 3.63) is 66.0 Å². The molecule has 0 radical (unpaired) electrons. The Morgan fingerprint density at radius 3 is 2.42 bits per heavy atom. The molecular weight excluding hydrogens is 416 g/mol. The van der Waals surface area contributed by atoms with Gasteiger partial charge in [0.1, 0.15) is 17.8 Å². The lowest BCUT2D eigenvalue weighted by atomic mass is 10.1. The number of hydrogen-bond donors (Lipinski definition) is 2. The van der Waals surface area contributed by atoms with E-state index in [0.29, 0.717) is 17.2 Å². The van der Waals surface area contributed by atoms with Crippen molar-refractivity contribution >= 4 is 29.2 Å². The molecule has 0 saturated carbocycles. The SMILES string of the molecule is CC=O.CN1CCN(Cc2cnc3cc(Oc4ccc(/C(N)=C/C=N)cc4)ccc3n2)CC1. The summed E-state index contributed by atoms with van der Waals surface area (Å²) < 4.78 is 5.96. The number of rotatable bonds is 6. The van der Waals surface area contributed by atoms with E-state index in [4.69, 9.17) is 25.7 Å². The molecule has 0 spiro atoms. The summed E-state index contributed by atoms with van der Waals surface area (Å²) in [6.45, 7) is 6.58. The van der Waals surface area contributed by atoms with Crippen LogP contribution in [0.2, 0.25) is 0 Å². The van der Waals surface area contributed by atoms with Crippen molar-refractivity contribution in [3.8, 4) is 11.5 Å². The molecule has 1 saturated heterocycles. The zero-order chi connectivity index (χ0) is 23.6. The normalized spacial score (nSPS) is 14.9. The molecule has 1 aliphatic heterocycles. The molecule has 1 aliphatic rings. The molecular formula is C25H30N6O2. The van der Waals surface area contributed by atoms with Gasteiger partial charge in [0.15, 0.2) is 0 Å². The number of likely N-dealkylation sites (N-methyl/N-ethyl adjacent to an activating group) is 1. The van der Waals surface area contributed by atoms with Crippen LogP contribution in [0.1, 0.15) is 18.2 Å². The fourth-order valence-corrected chi connectivity index (χ4v) is 3.44. The number of fused-ring (bicyclic) bond motifs is 1. The Labute approximate surface area is 194 Å². The van der Waals surface area contributed by atoms with Crippen molar-refractivity contribution < 1.29 is 9.53 Å². The number of nitrogens with one attached hydrogen (secondary N) is 1. The molecule has 0 atom stereocenters. The molecule has 8 nitrogen and oxygen atoms in total. The quantitative estimate of drug-likeness (QED) is 0.442. The van der Waals surface area contributed by atoms with Crippen molar-refractivity contribution in [3.63, 3.8) is 0 Å². The number of benzene rings is 2. The van der Waals surface area contributed by atoms with E-state index in [0.717, 1.165) is 61.3 Å². The smallest absolute Gasteiger partial charge is 0.129 e. The number of ether oxygens (including phenoxy) is 1. The summed E-state index contributed by atoms with van der Waals surface area (Å²) in [6.07, 6.45) is 5.33. The first kappa shape index (κ1) is 24.0. The van der Waals surface area contributed by atoms with Gasteiger partial charge in [0.05, 0.1) is 22.9 Å². The Morgan fingerprint density at radius 1 is 1.09 bits per heavy atom. The number of carbonyl (C=O) groups excluding carboxylic acids is 1. The number of nitrogens with zero attached hydrogens (tertiary/aromatic N) is 4. The van der Waals surface area contributed by atoms with Gasteiger partial charge in [0.2, 0.25) is 0 Å². The number of nitrogens with two attached hydrogens (primary N) is 1. The van der Waals surface area contributed by atoms with Crippen LogP contribution in [-0.4, -0.2) is 65.5 Å². The number of hydrogen-bond acceptors (Lipinski definition) is 8. The monoisotopic (exact) mass is 446 g/mol. The summed E-state index contributed by atoms with van der Waals surface area (Å²) in [5, 5.41) is 7.10. The van der Waals surface area contributed by atoms with E-state index in [2.05, 4.69) is 21.8 Å². The van der Waals surface area contributed by atoms with Crippen LogP contribution < -0.4 is 10.5 Å². The van der Waals surface area contributed by atoms with Crippen molar-refractivity contribution in [1.82, 2.24) is 19.8 Å². The summed E-state index contributed by atoms with van der Waals surface area (Å²) in [6, 6.07) is 13.2. The zero-order valence-corrected chi connectivity index (χ0v) is 19.1. The highest BCUT2D eigenvalue weighted by atomic mass is 16.5. The summed E-state index contributed by atoms with van der Waals surface area (Å²) >= 11 is 0. The zero-order valence-electron chi connectivity index (χ0n) is 19.1. The van der Waals surface area contributed by atoms with Crippen LogP contribution in [0.3, 0.4) is 0 Å². The molecule has 3 N–H and O–H groups in total. The van der Waals surface area contributed by atoms with Gasteiger partial charge in [0, 0.05) is 50.7 Å². The van der Waals surface area contributed by atoms with Gasteiger partial charge >= 0.3 is 0 Å². The van der Waals surface area contributed by atoms with E-state index in [-0.39, 0.29) is 0 Å². The topological polar surface area (TPSA) is 108 Å². The van der Waals surface area contributed by atoms with E-state index in [1.54, 1.807) is 6.08 Å². The minimum Gasteiger partial charge on any atom is -0.457 e. The number of allylic oxidation sites excluding steroid dienone is 1. The fraction of sp³-hybridized carbons (Fsp3) is 0.280. The maximum absolute atomic E-state index is 8.81. The third-order valence-electron chi connectivity index (χ3n) is 5.23. The van der Waals surface area contributed by atoms with Crippen molar-refractivity contribution in [2.45, 2.75) is 13.5 Å². The Kier molecular flexibility index (Phi) is 8.63. The Balaban J connectivity index is 0.000000968. The third-order valence-corrected chi connectivity index (χ3v) is 5.23. The molecule has 2 heterocycles. The molecule has 0 aliphatic carbocycles.